The van der Waals surface area contributed by atoms with Crippen molar-refractivity contribution in [3.8, 4) is 96.8 Å². The van der Waals surface area contributed by atoms with Gasteiger partial charge in [0.1, 0.15) is 5.82 Å². The van der Waals surface area contributed by atoms with Crippen LogP contribution < -0.4 is 0 Å². The molecule has 9 nitrogen and oxygen atoms in total. The van der Waals surface area contributed by atoms with Gasteiger partial charge in [-0.2, -0.15) is 5.26 Å². The van der Waals surface area contributed by atoms with Gasteiger partial charge in [0.25, 0.3) is 0 Å². The molecule has 0 saturated heterocycles. The van der Waals surface area contributed by atoms with E-state index in [2.05, 4.69) is 124 Å². The van der Waals surface area contributed by atoms with Crippen molar-refractivity contribution in [2.45, 2.75) is 0 Å². The third-order valence-electron chi connectivity index (χ3n) is 14.1. The molecule has 14 rings (SSSR count). The largest absolute Gasteiger partial charge is 0.307 e. The lowest BCUT2D eigenvalue weighted by molar-refractivity contribution is 1.05. The molecule has 354 valence electrons. The van der Waals surface area contributed by atoms with E-state index in [0.29, 0.717) is 34.7 Å². The average molecular weight is 972 g/mol. The maximum absolute atomic E-state index is 10.8. The van der Waals surface area contributed by atoms with Gasteiger partial charge < -0.3 is 4.57 Å². The van der Waals surface area contributed by atoms with Crippen LogP contribution in [-0.2, 0) is 0 Å². The fourth-order valence-corrected chi connectivity index (χ4v) is 10.5. The van der Waals surface area contributed by atoms with Gasteiger partial charge in [0.2, 0.25) is 0 Å². The number of nitrogens with zero attached hydrogens (tertiary/aromatic N) is 9. The van der Waals surface area contributed by atoms with Gasteiger partial charge >= 0.3 is 0 Å². The van der Waals surface area contributed by atoms with Crippen LogP contribution >= 0.6 is 0 Å². The maximum Gasteiger partial charge on any atom is 0.164 e. The third-order valence-corrected chi connectivity index (χ3v) is 14.1. The lowest BCUT2D eigenvalue weighted by Crippen LogP contribution is -2.04. The number of para-hydroxylation sites is 2. The molecule has 0 aliphatic carbocycles. The van der Waals surface area contributed by atoms with Crippen LogP contribution in [0.4, 0.5) is 0 Å². The lowest BCUT2D eigenvalue weighted by Gasteiger charge is -2.17. The fraction of sp³-hybridized carbons (Fsp3) is 0. The summed E-state index contributed by atoms with van der Waals surface area (Å²) < 4.78 is 4.49. The van der Waals surface area contributed by atoms with Crippen LogP contribution in [0.25, 0.3) is 134 Å². The summed E-state index contributed by atoms with van der Waals surface area (Å²) in [4.78, 5) is 30.9. The maximum atomic E-state index is 10.8. The van der Waals surface area contributed by atoms with Crippen molar-refractivity contribution >= 4 is 43.6 Å². The smallest absolute Gasteiger partial charge is 0.164 e. The highest BCUT2D eigenvalue weighted by Gasteiger charge is 2.23. The molecule has 9 heteroatoms. The predicted molar refractivity (Wildman–Crippen MR) is 305 cm³/mol. The van der Waals surface area contributed by atoms with Gasteiger partial charge in [-0.05, 0) is 42.5 Å². The summed E-state index contributed by atoms with van der Waals surface area (Å²) in [5.41, 5.74) is 14.0. The summed E-state index contributed by atoms with van der Waals surface area (Å²) in [6.07, 6.45) is 1.96. The number of pyridine rings is 1. The zero-order chi connectivity index (χ0) is 50.5. The van der Waals surface area contributed by atoms with Crippen molar-refractivity contribution in [1.82, 2.24) is 39.0 Å². The minimum atomic E-state index is 0.549. The van der Waals surface area contributed by atoms with Crippen molar-refractivity contribution in [1.29, 1.82) is 5.26 Å². The summed E-state index contributed by atoms with van der Waals surface area (Å²) in [6.45, 7) is 0. The van der Waals surface area contributed by atoms with E-state index in [1.165, 1.54) is 0 Å². The highest BCUT2D eigenvalue weighted by Crippen LogP contribution is 2.41. The molecule has 0 unspecified atom stereocenters. The highest BCUT2D eigenvalue weighted by molar-refractivity contribution is 6.12. The Hall–Kier alpha value is -10.7. The Bertz CT molecular complexity index is 4460. The van der Waals surface area contributed by atoms with E-state index in [4.69, 9.17) is 29.9 Å². The van der Waals surface area contributed by atoms with Gasteiger partial charge in [0.15, 0.2) is 23.3 Å². The van der Waals surface area contributed by atoms with Crippen molar-refractivity contribution < 1.29 is 0 Å². The third kappa shape index (κ3) is 7.65. The second-order valence-electron chi connectivity index (χ2n) is 18.6. The molecule has 5 heterocycles. The van der Waals surface area contributed by atoms with Crippen molar-refractivity contribution in [2.24, 2.45) is 0 Å². The normalized spacial score (nSPS) is 11.4. The van der Waals surface area contributed by atoms with Gasteiger partial charge in [-0.15, -0.1) is 0 Å². The van der Waals surface area contributed by atoms with Crippen LogP contribution in [0, 0.1) is 11.3 Å². The number of nitriles is 1. The second kappa shape index (κ2) is 18.4. The fourth-order valence-electron chi connectivity index (χ4n) is 10.5. The number of hydrogen-bond donors (Lipinski definition) is 0. The number of fused-ring (bicyclic) bond motifs is 6. The molecule has 0 aliphatic heterocycles. The van der Waals surface area contributed by atoms with Crippen LogP contribution in [0.15, 0.2) is 249 Å². The Balaban J connectivity index is 0.987. The Kier molecular flexibility index (Phi) is 10.7. The monoisotopic (exact) mass is 971 g/mol. The Morgan fingerprint density at radius 3 is 1.34 bits per heavy atom. The second-order valence-corrected chi connectivity index (χ2v) is 18.6. The van der Waals surface area contributed by atoms with Crippen molar-refractivity contribution in [3.63, 3.8) is 0 Å². The van der Waals surface area contributed by atoms with Gasteiger partial charge in [-0.3, -0.25) is 4.57 Å². The van der Waals surface area contributed by atoms with Crippen molar-refractivity contribution in [2.75, 3.05) is 0 Å². The van der Waals surface area contributed by atoms with E-state index >= 15 is 0 Å². The molecule has 0 aliphatic rings. The molecule has 76 heavy (non-hydrogen) atoms. The van der Waals surface area contributed by atoms with Crippen LogP contribution in [0.2, 0.25) is 0 Å². The molecule has 0 atom stereocenters. The molecule has 14 aromatic rings. The van der Waals surface area contributed by atoms with E-state index in [1.807, 2.05) is 140 Å². The SMILES string of the molecule is N#Cc1ccccc1-c1cc(-n2c3ccccc3c3ccc(-c4nc(-c5ccccc5)nc(-c5ccccc5)n4)cc32)ncc1-n1c2ccccc2c2ccc(-c3cc(-c4ccccc4)nc(-c4ccccc4)n3)cc21. The lowest BCUT2D eigenvalue weighted by atomic mass is 9.99. The molecule has 0 radical (unpaired) electrons. The first-order chi connectivity index (χ1) is 37.6. The molecular weight excluding hydrogens is 931 g/mol. The number of aromatic nitrogens is 8. The molecule has 0 spiro atoms. The summed E-state index contributed by atoms with van der Waals surface area (Å²) in [5, 5.41) is 15.1. The van der Waals surface area contributed by atoms with Gasteiger partial charge in [0.05, 0.1) is 57.0 Å². The molecule has 0 saturated carbocycles. The van der Waals surface area contributed by atoms with Crippen LogP contribution in [0.3, 0.4) is 0 Å². The minimum Gasteiger partial charge on any atom is -0.307 e. The predicted octanol–water partition coefficient (Wildman–Crippen LogP) is 15.8. The molecule has 0 bridgehead atoms. The van der Waals surface area contributed by atoms with Gasteiger partial charge in [0, 0.05) is 66.1 Å². The zero-order valence-corrected chi connectivity index (χ0v) is 40.7. The minimum absolute atomic E-state index is 0.549. The Morgan fingerprint density at radius 1 is 0.316 bits per heavy atom. The van der Waals surface area contributed by atoms with Gasteiger partial charge in [-0.1, -0.05) is 200 Å². The molecule has 9 aromatic carbocycles. The first-order valence-corrected chi connectivity index (χ1v) is 25.1. The van der Waals surface area contributed by atoms with Gasteiger partial charge in [-0.25, -0.2) is 29.9 Å². The molecular formula is C67H41N9. The Morgan fingerprint density at radius 2 is 0.750 bits per heavy atom. The first kappa shape index (κ1) is 44.0. The number of rotatable bonds is 9. The van der Waals surface area contributed by atoms with E-state index in [-0.39, 0.29) is 0 Å². The van der Waals surface area contributed by atoms with E-state index in [9.17, 15) is 5.26 Å². The summed E-state index contributed by atoms with van der Waals surface area (Å²) in [5.74, 6) is 3.06. The van der Waals surface area contributed by atoms with Crippen LogP contribution in [0.5, 0.6) is 0 Å². The molecule has 0 amide bonds. The summed E-state index contributed by atoms with van der Waals surface area (Å²) >= 11 is 0. The number of hydrogen-bond acceptors (Lipinski definition) is 7. The van der Waals surface area contributed by atoms with E-state index in [0.717, 1.165) is 105 Å². The van der Waals surface area contributed by atoms with Crippen LogP contribution in [-0.4, -0.2) is 39.0 Å². The topological polar surface area (TPSA) is 111 Å². The quantitative estimate of drug-likeness (QED) is 0.142. The standard InChI is InChI=1S/C67H41N9/c68-41-49-27-13-14-28-50(49)55-39-63(76-59-32-18-16-30-52(59)54-36-34-48(38-61(54)76)67-73-65(45-23-9-3-10-24-45)72-66(74-67)46-25-11-4-12-26-46)69-42-62(55)75-58-31-17-15-29-51(58)53-35-33-47(37-60(53)75)57-40-56(43-19-5-1-6-20-43)70-64(71-57)44-21-7-2-8-22-44/h1-40,42H. The highest BCUT2D eigenvalue weighted by atomic mass is 15.1. The molecule has 5 aromatic heterocycles. The summed E-state index contributed by atoms with van der Waals surface area (Å²) in [6, 6.07) is 84.7. The summed E-state index contributed by atoms with van der Waals surface area (Å²) in [7, 11) is 0. The Labute approximate surface area is 437 Å². The van der Waals surface area contributed by atoms with Crippen LogP contribution in [0.1, 0.15) is 5.56 Å². The average Bonchev–Trinajstić information content (AvgIpc) is 4.06. The first-order valence-electron chi connectivity index (χ1n) is 25.1. The van der Waals surface area contributed by atoms with E-state index in [1.54, 1.807) is 0 Å². The molecule has 0 fully saturated rings. The van der Waals surface area contributed by atoms with Crippen molar-refractivity contribution in [3.05, 3.63) is 254 Å². The molecule has 0 N–H and O–H groups in total. The van der Waals surface area contributed by atoms with E-state index < -0.39 is 0 Å². The number of benzene rings is 9. The zero-order valence-electron chi connectivity index (χ0n) is 40.7.